The van der Waals surface area contributed by atoms with Crippen molar-refractivity contribution in [1.82, 2.24) is 10.6 Å². The number of piperidine rings is 1. The Morgan fingerprint density at radius 2 is 2.00 bits per heavy atom. The van der Waals surface area contributed by atoms with Gasteiger partial charge in [0.2, 0.25) is 11.8 Å². The first-order valence-electron chi connectivity index (χ1n) is 8.35. The fourth-order valence-electron chi connectivity index (χ4n) is 3.14. The monoisotopic (exact) mass is 369 g/mol. The predicted octanol–water partition coefficient (Wildman–Crippen LogP) is 2.26. The Labute approximate surface area is 155 Å². The van der Waals surface area contributed by atoms with Crippen LogP contribution in [0, 0.1) is 5.41 Å². The van der Waals surface area contributed by atoms with Crippen molar-refractivity contribution < 1.29 is 14.3 Å². The minimum Gasteiger partial charge on any atom is -0.384 e. The normalized spacial score (nSPS) is 17.1. The van der Waals surface area contributed by atoms with Crippen LogP contribution in [0.2, 0.25) is 0 Å². The van der Waals surface area contributed by atoms with Gasteiger partial charge in [-0.2, -0.15) is 0 Å². The summed E-state index contributed by atoms with van der Waals surface area (Å²) in [5.74, 6) is -0.0825. The highest BCUT2D eigenvalue weighted by atomic mass is 35.5. The second-order valence-electron chi connectivity index (χ2n) is 6.47. The van der Waals surface area contributed by atoms with Gasteiger partial charge in [0, 0.05) is 19.7 Å². The number of methoxy groups -OCH3 is 1. The second-order valence-corrected chi connectivity index (χ2v) is 6.47. The zero-order valence-electron chi connectivity index (χ0n) is 15.1. The Balaban J connectivity index is 0.00000312. The standard InChI is InChI=1S/C18H27N3O3.ClH/c1-13(15-5-4-6-16(11-15)21-14(2)22)20-17(23)18(12-24-3)7-9-19-10-8-18;/h4-6,11,13,19H,7-10,12H2,1-3H3,(H,20,23)(H,21,22);1H. The smallest absolute Gasteiger partial charge is 0.229 e. The molecule has 0 spiro atoms. The van der Waals surface area contributed by atoms with E-state index < -0.39 is 5.41 Å². The maximum Gasteiger partial charge on any atom is 0.229 e. The van der Waals surface area contributed by atoms with Crippen LogP contribution in [-0.2, 0) is 14.3 Å². The highest BCUT2D eigenvalue weighted by Crippen LogP contribution is 2.30. The molecule has 25 heavy (non-hydrogen) atoms. The topological polar surface area (TPSA) is 79.5 Å². The first-order chi connectivity index (χ1) is 11.5. The predicted molar refractivity (Wildman–Crippen MR) is 101 cm³/mol. The van der Waals surface area contributed by atoms with Gasteiger partial charge in [-0.05, 0) is 50.6 Å². The van der Waals surface area contributed by atoms with Gasteiger partial charge in [-0.1, -0.05) is 12.1 Å². The molecule has 0 bridgehead atoms. The van der Waals surface area contributed by atoms with Gasteiger partial charge in [0.15, 0.2) is 0 Å². The molecule has 140 valence electrons. The number of carbonyl (C=O) groups excluding carboxylic acids is 2. The Kier molecular flexibility index (Phi) is 8.35. The third kappa shape index (κ3) is 5.70. The van der Waals surface area contributed by atoms with Crippen LogP contribution in [0.5, 0.6) is 0 Å². The minimum atomic E-state index is -0.469. The molecule has 6 nitrogen and oxygen atoms in total. The Bertz CT molecular complexity index is 583. The van der Waals surface area contributed by atoms with Gasteiger partial charge in [0.05, 0.1) is 18.1 Å². The largest absolute Gasteiger partial charge is 0.384 e. The van der Waals surface area contributed by atoms with Crippen molar-refractivity contribution in [2.75, 3.05) is 32.1 Å². The van der Waals surface area contributed by atoms with Crippen molar-refractivity contribution >= 4 is 29.9 Å². The van der Waals surface area contributed by atoms with Gasteiger partial charge in [0.1, 0.15) is 0 Å². The molecule has 0 saturated carbocycles. The molecule has 1 aromatic carbocycles. The third-order valence-corrected chi connectivity index (χ3v) is 4.52. The van der Waals surface area contributed by atoms with Crippen molar-refractivity contribution in [2.24, 2.45) is 5.41 Å². The van der Waals surface area contributed by atoms with E-state index in [2.05, 4.69) is 16.0 Å². The number of rotatable bonds is 6. The van der Waals surface area contributed by atoms with E-state index in [0.29, 0.717) is 6.61 Å². The molecular formula is C18H28ClN3O3. The summed E-state index contributed by atoms with van der Waals surface area (Å²) < 4.78 is 5.32. The zero-order valence-corrected chi connectivity index (χ0v) is 15.9. The molecule has 1 fully saturated rings. The highest BCUT2D eigenvalue weighted by Gasteiger charge is 2.40. The summed E-state index contributed by atoms with van der Waals surface area (Å²) in [6.07, 6.45) is 1.54. The summed E-state index contributed by atoms with van der Waals surface area (Å²) in [5, 5.41) is 9.16. The fourth-order valence-corrected chi connectivity index (χ4v) is 3.14. The Morgan fingerprint density at radius 1 is 1.32 bits per heavy atom. The van der Waals surface area contributed by atoms with E-state index in [1.165, 1.54) is 6.92 Å². The number of hydrogen-bond acceptors (Lipinski definition) is 4. The maximum absolute atomic E-state index is 12.9. The maximum atomic E-state index is 12.9. The van der Waals surface area contributed by atoms with E-state index in [1.54, 1.807) is 7.11 Å². The number of hydrogen-bond donors (Lipinski definition) is 3. The molecule has 1 aliphatic rings. The molecule has 3 N–H and O–H groups in total. The number of nitrogens with one attached hydrogen (secondary N) is 3. The van der Waals surface area contributed by atoms with Crippen molar-refractivity contribution in [2.45, 2.75) is 32.7 Å². The van der Waals surface area contributed by atoms with Gasteiger partial charge < -0.3 is 20.7 Å². The molecule has 1 unspecified atom stereocenters. The molecule has 1 atom stereocenters. The van der Waals surface area contributed by atoms with Crippen molar-refractivity contribution in [3.8, 4) is 0 Å². The lowest BCUT2D eigenvalue weighted by Gasteiger charge is -2.36. The van der Waals surface area contributed by atoms with E-state index in [4.69, 9.17) is 4.74 Å². The van der Waals surface area contributed by atoms with Crippen LogP contribution < -0.4 is 16.0 Å². The summed E-state index contributed by atoms with van der Waals surface area (Å²) in [7, 11) is 1.64. The Morgan fingerprint density at radius 3 is 2.60 bits per heavy atom. The quantitative estimate of drug-likeness (QED) is 0.718. The summed E-state index contributed by atoms with van der Waals surface area (Å²) >= 11 is 0. The number of benzene rings is 1. The Hall–Kier alpha value is -1.63. The molecular weight excluding hydrogens is 342 g/mol. The van der Waals surface area contributed by atoms with E-state index in [9.17, 15) is 9.59 Å². The summed E-state index contributed by atoms with van der Waals surface area (Å²) in [6.45, 7) is 5.50. The summed E-state index contributed by atoms with van der Waals surface area (Å²) in [5.41, 5.74) is 1.22. The highest BCUT2D eigenvalue weighted by molar-refractivity contribution is 5.88. The first-order valence-corrected chi connectivity index (χ1v) is 8.35. The van der Waals surface area contributed by atoms with Crippen LogP contribution in [0.4, 0.5) is 5.69 Å². The van der Waals surface area contributed by atoms with Crippen LogP contribution in [-0.4, -0.2) is 38.6 Å². The molecule has 0 aromatic heterocycles. The average molecular weight is 370 g/mol. The third-order valence-electron chi connectivity index (χ3n) is 4.52. The van der Waals surface area contributed by atoms with E-state index >= 15 is 0 Å². The molecule has 0 aliphatic carbocycles. The second kappa shape index (κ2) is 9.75. The lowest BCUT2D eigenvalue weighted by molar-refractivity contribution is -0.136. The SMILES string of the molecule is COCC1(C(=O)NC(C)c2cccc(NC(C)=O)c2)CCNCC1.Cl. The lowest BCUT2D eigenvalue weighted by atomic mass is 9.78. The van der Waals surface area contributed by atoms with E-state index in [-0.39, 0.29) is 30.3 Å². The molecule has 1 aliphatic heterocycles. The van der Waals surface area contributed by atoms with Gasteiger partial charge in [-0.15, -0.1) is 12.4 Å². The number of amides is 2. The molecule has 1 saturated heterocycles. The van der Waals surface area contributed by atoms with Crippen LogP contribution in [0.25, 0.3) is 0 Å². The average Bonchev–Trinajstić information content (AvgIpc) is 2.55. The minimum absolute atomic E-state index is 0. The van der Waals surface area contributed by atoms with Crippen molar-refractivity contribution in [3.05, 3.63) is 29.8 Å². The van der Waals surface area contributed by atoms with Crippen molar-refractivity contribution in [1.29, 1.82) is 0 Å². The molecule has 2 amide bonds. The fraction of sp³-hybridized carbons (Fsp3) is 0.556. The van der Waals surface area contributed by atoms with Crippen LogP contribution in [0.1, 0.15) is 38.3 Å². The van der Waals surface area contributed by atoms with Gasteiger partial charge in [-0.3, -0.25) is 9.59 Å². The van der Waals surface area contributed by atoms with Gasteiger partial charge in [0.25, 0.3) is 0 Å². The van der Waals surface area contributed by atoms with Gasteiger partial charge >= 0.3 is 0 Å². The molecule has 1 aromatic rings. The zero-order chi connectivity index (χ0) is 17.6. The number of ether oxygens (including phenoxy) is 1. The summed E-state index contributed by atoms with van der Waals surface area (Å²) in [6, 6.07) is 7.39. The molecule has 1 heterocycles. The summed E-state index contributed by atoms with van der Waals surface area (Å²) in [4.78, 5) is 24.1. The van der Waals surface area contributed by atoms with Crippen molar-refractivity contribution in [3.63, 3.8) is 0 Å². The number of anilines is 1. The first kappa shape index (κ1) is 21.4. The van der Waals surface area contributed by atoms with Crippen LogP contribution >= 0.6 is 12.4 Å². The van der Waals surface area contributed by atoms with E-state index in [1.807, 2.05) is 31.2 Å². The van der Waals surface area contributed by atoms with Crippen LogP contribution in [0.15, 0.2) is 24.3 Å². The number of carbonyl (C=O) groups is 2. The molecule has 2 rings (SSSR count). The molecule has 0 radical (unpaired) electrons. The van der Waals surface area contributed by atoms with Gasteiger partial charge in [-0.25, -0.2) is 0 Å². The molecule has 7 heteroatoms. The number of halogens is 1. The van der Waals surface area contributed by atoms with E-state index in [0.717, 1.165) is 37.2 Å². The van der Waals surface area contributed by atoms with Crippen LogP contribution in [0.3, 0.4) is 0 Å². The lowest BCUT2D eigenvalue weighted by Crippen LogP contribution is -2.50.